The predicted octanol–water partition coefficient (Wildman–Crippen LogP) is 0.336. The van der Waals surface area contributed by atoms with Crippen molar-refractivity contribution in [2.75, 3.05) is 39.8 Å². The minimum absolute atomic E-state index is 0.0261. The monoisotopic (exact) mass is 292 g/mol. The number of pyridine rings is 1. The molecule has 1 aromatic rings. The molecule has 2 amide bonds. The Morgan fingerprint density at radius 3 is 2.43 bits per heavy atom. The van der Waals surface area contributed by atoms with Crippen molar-refractivity contribution < 1.29 is 14.7 Å². The van der Waals surface area contributed by atoms with Gasteiger partial charge in [-0.1, -0.05) is 0 Å². The van der Waals surface area contributed by atoms with Gasteiger partial charge in [0.1, 0.15) is 0 Å². The molecule has 1 saturated heterocycles. The first-order valence-corrected chi connectivity index (χ1v) is 6.89. The molecule has 7 heteroatoms. The van der Waals surface area contributed by atoms with E-state index < -0.39 is 5.97 Å². The van der Waals surface area contributed by atoms with Crippen molar-refractivity contribution in [1.29, 1.82) is 0 Å². The Morgan fingerprint density at radius 1 is 1.24 bits per heavy atom. The molecule has 1 N–H and O–H groups in total. The summed E-state index contributed by atoms with van der Waals surface area (Å²) in [6.45, 7) is 2.90. The van der Waals surface area contributed by atoms with Crippen LogP contribution in [0.3, 0.4) is 0 Å². The van der Waals surface area contributed by atoms with Crippen molar-refractivity contribution in [3.63, 3.8) is 0 Å². The van der Waals surface area contributed by atoms with Crippen LogP contribution in [0.2, 0.25) is 0 Å². The number of aromatic nitrogens is 1. The lowest BCUT2D eigenvalue weighted by molar-refractivity contribution is -0.138. The zero-order valence-corrected chi connectivity index (χ0v) is 12.1. The summed E-state index contributed by atoms with van der Waals surface area (Å²) in [7, 11) is 1.77. The van der Waals surface area contributed by atoms with Gasteiger partial charge >= 0.3 is 12.0 Å². The smallest absolute Gasteiger partial charge is 0.320 e. The summed E-state index contributed by atoms with van der Waals surface area (Å²) in [4.78, 5) is 32.2. The van der Waals surface area contributed by atoms with Gasteiger partial charge in [-0.2, -0.15) is 0 Å². The third-order valence-electron chi connectivity index (χ3n) is 3.50. The van der Waals surface area contributed by atoms with Crippen LogP contribution in [0.5, 0.6) is 0 Å². The third kappa shape index (κ3) is 4.42. The van der Waals surface area contributed by atoms with E-state index in [-0.39, 0.29) is 12.6 Å². The Kier molecular flexibility index (Phi) is 5.10. The molecule has 114 valence electrons. The van der Waals surface area contributed by atoms with E-state index in [2.05, 4.69) is 4.98 Å². The molecule has 0 atom stereocenters. The predicted molar refractivity (Wildman–Crippen MR) is 76.7 cm³/mol. The largest absolute Gasteiger partial charge is 0.480 e. The van der Waals surface area contributed by atoms with Crippen LogP contribution in [0, 0.1) is 0 Å². The summed E-state index contributed by atoms with van der Waals surface area (Å²) in [6, 6.07) is 3.74. The molecule has 2 heterocycles. The topological polar surface area (TPSA) is 77.0 Å². The van der Waals surface area contributed by atoms with Gasteiger partial charge in [0, 0.05) is 52.2 Å². The van der Waals surface area contributed by atoms with Crippen molar-refractivity contribution in [2.24, 2.45) is 0 Å². The van der Waals surface area contributed by atoms with Gasteiger partial charge in [0.2, 0.25) is 0 Å². The van der Waals surface area contributed by atoms with Crippen molar-refractivity contribution in [2.45, 2.75) is 6.54 Å². The van der Waals surface area contributed by atoms with Crippen LogP contribution >= 0.6 is 0 Å². The van der Waals surface area contributed by atoms with Gasteiger partial charge in [-0.05, 0) is 17.7 Å². The van der Waals surface area contributed by atoms with Gasteiger partial charge < -0.3 is 14.9 Å². The number of aliphatic carboxylic acids is 1. The Balaban J connectivity index is 1.82. The van der Waals surface area contributed by atoms with Crippen molar-refractivity contribution in [3.8, 4) is 0 Å². The maximum absolute atomic E-state index is 12.3. The van der Waals surface area contributed by atoms with Gasteiger partial charge in [0.25, 0.3) is 0 Å². The van der Waals surface area contributed by atoms with E-state index in [0.29, 0.717) is 32.7 Å². The summed E-state index contributed by atoms with van der Waals surface area (Å²) < 4.78 is 0. The van der Waals surface area contributed by atoms with Crippen molar-refractivity contribution in [3.05, 3.63) is 30.1 Å². The van der Waals surface area contributed by atoms with Crippen LogP contribution in [0.1, 0.15) is 5.56 Å². The Morgan fingerprint density at radius 2 is 1.86 bits per heavy atom. The lowest BCUT2D eigenvalue weighted by Crippen LogP contribution is -2.52. The zero-order valence-electron chi connectivity index (χ0n) is 12.1. The highest BCUT2D eigenvalue weighted by Crippen LogP contribution is 2.08. The molecule has 1 aliphatic rings. The zero-order chi connectivity index (χ0) is 15.2. The highest BCUT2D eigenvalue weighted by atomic mass is 16.4. The second kappa shape index (κ2) is 7.03. The number of hydrogen-bond donors (Lipinski definition) is 1. The summed E-state index contributed by atoms with van der Waals surface area (Å²) >= 11 is 0. The molecule has 7 nitrogen and oxygen atoms in total. The highest BCUT2D eigenvalue weighted by molar-refractivity contribution is 5.74. The summed E-state index contributed by atoms with van der Waals surface area (Å²) in [6.07, 6.45) is 3.41. The van der Waals surface area contributed by atoms with Crippen LogP contribution in [0.25, 0.3) is 0 Å². The van der Waals surface area contributed by atoms with Crippen LogP contribution in [0.4, 0.5) is 4.79 Å². The number of piperazine rings is 1. The average Bonchev–Trinajstić information content (AvgIpc) is 2.47. The molecular weight excluding hydrogens is 272 g/mol. The molecule has 0 spiro atoms. The van der Waals surface area contributed by atoms with Crippen molar-refractivity contribution in [1.82, 2.24) is 19.7 Å². The second-order valence-electron chi connectivity index (χ2n) is 5.15. The SMILES string of the molecule is CN(Cc1ccncc1)C(=O)N1CCN(CC(=O)O)CC1. The number of amides is 2. The minimum atomic E-state index is -0.829. The van der Waals surface area contributed by atoms with Crippen LogP contribution in [-0.2, 0) is 11.3 Å². The van der Waals surface area contributed by atoms with Crippen LogP contribution in [0.15, 0.2) is 24.5 Å². The molecule has 0 radical (unpaired) electrons. The molecule has 1 aromatic heterocycles. The molecule has 0 saturated carbocycles. The second-order valence-corrected chi connectivity index (χ2v) is 5.15. The average molecular weight is 292 g/mol. The lowest BCUT2D eigenvalue weighted by atomic mass is 10.2. The number of carboxylic acid groups (broad SMARTS) is 1. The van der Waals surface area contributed by atoms with E-state index in [1.165, 1.54) is 0 Å². The molecule has 1 aliphatic heterocycles. The van der Waals surface area contributed by atoms with E-state index in [9.17, 15) is 9.59 Å². The molecule has 21 heavy (non-hydrogen) atoms. The Labute approximate surface area is 123 Å². The van der Waals surface area contributed by atoms with E-state index >= 15 is 0 Å². The minimum Gasteiger partial charge on any atom is -0.480 e. The summed E-state index contributed by atoms with van der Waals surface area (Å²) in [5.41, 5.74) is 1.03. The highest BCUT2D eigenvalue weighted by Gasteiger charge is 2.24. The fourth-order valence-corrected chi connectivity index (χ4v) is 2.36. The van der Waals surface area contributed by atoms with Gasteiger partial charge in [-0.15, -0.1) is 0 Å². The van der Waals surface area contributed by atoms with Crippen LogP contribution < -0.4 is 0 Å². The Hall–Kier alpha value is -2.15. The molecule has 0 bridgehead atoms. The standard InChI is InChI=1S/C14H20N4O3/c1-16(10-12-2-4-15-5-3-12)14(21)18-8-6-17(7-9-18)11-13(19)20/h2-5H,6-11H2,1H3,(H,19,20). The maximum atomic E-state index is 12.3. The normalized spacial score (nSPS) is 15.8. The number of carbonyl (C=O) groups excluding carboxylic acids is 1. The first kappa shape index (κ1) is 15.2. The van der Waals surface area contributed by atoms with Gasteiger partial charge in [0.15, 0.2) is 0 Å². The molecule has 0 aromatic carbocycles. The molecule has 2 rings (SSSR count). The number of carbonyl (C=O) groups is 2. The molecular formula is C14H20N4O3. The summed E-state index contributed by atoms with van der Waals surface area (Å²) in [5.74, 6) is -0.829. The number of urea groups is 1. The van der Waals surface area contributed by atoms with E-state index in [4.69, 9.17) is 5.11 Å². The number of carboxylic acids is 1. The molecule has 0 unspecified atom stereocenters. The van der Waals surface area contributed by atoms with Crippen molar-refractivity contribution >= 4 is 12.0 Å². The molecule has 0 aliphatic carbocycles. The third-order valence-corrected chi connectivity index (χ3v) is 3.50. The fraction of sp³-hybridized carbons (Fsp3) is 0.500. The lowest BCUT2D eigenvalue weighted by Gasteiger charge is -2.36. The van der Waals surface area contributed by atoms with Gasteiger partial charge in [-0.3, -0.25) is 14.7 Å². The molecule has 1 fully saturated rings. The van der Waals surface area contributed by atoms with E-state index in [1.807, 2.05) is 17.0 Å². The van der Waals surface area contributed by atoms with Gasteiger partial charge in [0.05, 0.1) is 6.54 Å². The number of nitrogens with zero attached hydrogens (tertiary/aromatic N) is 4. The summed E-state index contributed by atoms with van der Waals surface area (Å²) in [5, 5.41) is 8.76. The quantitative estimate of drug-likeness (QED) is 0.865. The van der Waals surface area contributed by atoms with Gasteiger partial charge in [-0.25, -0.2) is 4.79 Å². The fourth-order valence-electron chi connectivity index (χ4n) is 2.36. The first-order valence-electron chi connectivity index (χ1n) is 6.89. The van der Waals surface area contributed by atoms with E-state index in [0.717, 1.165) is 5.56 Å². The maximum Gasteiger partial charge on any atom is 0.320 e. The van der Waals surface area contributed by atoms with Crippen LogP contribution in [-0.4, -0.2) is 76.6 Å². The van der Waals surface area contributed by atoms with E-state index in [1.54, 1.807) is 29.2 Å². The number of rotatable bonds is 4. The number of hydrogen-bond acceptors (Lipinski definition) is 4. The Bertz CT molecular complexity index is 486. The first-order chi connectivity index (χ1) is 10.1.